The van der Waals surface area contributed by atoms with Gasteiger partial charge in [0.1, 0.15) is 6.04 Å². The molecule has 0 saturated heterocycles. The van der Waals surface area contributed by atoms with Crippen LogP contribution in [0.15, 0.2) is 24.5 Å². The van der Waals surface area contributed by atoms with Crippen molar-refractivity contribution in [2.24, 2.45) is 0 Å². The highest BCUT2D eigenvalue weighted by Gasteiger charge is 2.14. The number of nitrogens with one attached hydrogen (secondary N) is 1. The zero-order valence-electron chi connectivity index (χ0n) is 7.90. The van der Waals surface area contributed by atoms with Crippen molar-refractivity contribution in [1.82, 2.24) is 10.3 Å². The van der Waals surface area contributed by atoms with Gasteiger partial charge in [0.25, 0.3) is 0 Å². The van der Waals surface area contributed by atoms with E-state index in [1.54, 1.807) is 19.4 Å². The minimum atomic E-state index is -0.834. The lowest BCUT2D eigenvalue weighted by Crippen LogP contribution is -2.35. The first kappa shape index (κ1) is 12.9. The van der Waals surface area contributed by atoms with E-state index < -0.39 is 12.0 Å². The molecule has 0 aromatic carbocycles. The van der Waals surface area contributed by atoms with Crippen molar-refractivity contribution in [3.63, 3.8) is 0 Å². The molecule has 0 unspecified atom stereocenters. The van der Waals surface area contributed by atoms with E-state index in [1.807, 2.05) is 12.1 Å². The second kappa shape index (κ2) is 6.39. The van der Waals surface area contributed by atoms with Crippen molar-refractivity contribution < 1.29 is 9.90 Å². The molecule has 0 bridgehead atoms. The van der Waals surface area contributed by atoms with Gasteiger partial charge >= 0.3 is 5.97 Å². The number of hydrogen-bond donors (Lipinski definition) is 2. The smallest absolute Gasteiger partial charge is 0.321 e. The minimum absolute atomic E-state index is 0. The molecule has 5 heteroatoms. The highest BCUT2D eigenvalue weighted by atomic mass is 32.1. The SMILES string of the molecule is CN[C@@H](Cc1ccncc1)C(=O)O.S. The molecule has 0 fully saturated rings. The van der Waals surface area contributed by atoms with Crippen LogP contribution >= 0.6 is 13.5 Å². The van der Waals surface area contributed by atoms with E-state index in [2.05, 4.69) is 10.3 Å². The van der Waals surface area contributed by atoms with Crippen molar-refractivity contribution >= 4 is 19.5 Å². The molecule has 1 aromatic rings. The molecule has 2 N–H and O–H groups in total. The highest BCUT2D eigenvalue weighted by molar-refractivity contribution is 7.59. The normalized spacial score (nSPS) is 11.5. The molecule has 0 saturated carbocycles. The molecule has 0 aliphatic rings. The lowest BCUT2D eigenvalue weighted by atomic mass is 10.1. The van der Waals surface area contributed by atoms with E-state index in [9.17, 15) is 4.79 Å². The minimum Gasteiger partial charge on any atom is -0.480 e. The Balaban J connectivity index is 0.00000169. The Morgan fingerprint density at radius 2 is 2.14 bits per heavy atom. The van der Waals surface area contributed by atoms with E-state index in [4.69, 9.17) is 5.11 Å². The number of carboxylic acid groups (broad SMARTS) is 1. The summed E-state index contributed by atoms with van der Waals surface area (Å²) in [6, 6.07) is 3.10. The number of hydrogen-bond acceptors (Lipinski definition) is 3. The number of pyridine rings is 1. The third-order valence-corrected chi connectivity index (χ3v) is 1.84. The van der Waals surface area contributed by atoms with Gasteiger partial charge in [0.2, 0.25) is 0 Å². The maximum absolute atomic E-state index is 10.7. The zero-order chi connectivity index (χ0) is 9.68. The number of likely N-dealkylation sites (N-methyl/N-ethyl adjacent to an activating group) is 1. The Bertz CT molecular complexity index is 279. The summed E-state index contributed by atoms with van der Waals surface area (Å²) in [5, 5.41) is 11.5. The van der Waals surface area contributed by atoms with Crippen LogP contribution in [-0.4, -0.2) is 29.1 Å². The molecule has 0 aliphatic carbocycles. The number of nitrogens with zero attached hydrogens (tertiary/aromatic N) is 1. The number of aromatic nitrogens is 1. The first-order chi connectivity index (χ1) is 6.24. The van der Waals surface area contributed by atoms with Crippen LogP contribution in [0.4, 0.5) is 0 Å². The average Bonchev–Trinajstić information content (AvgIpc) is 2.15. The summed E-state index contributed by atoms with van der Waals surface area (Å²) in [7, 11) is 1.64. The van der Waals surface area contributed by atoms with E-state index in [0.717, 1.165) is 5.56 Å². The summed E-state index contributed by atoms with van der Waals surface area (Å²) in [4.78, 5) is 14.5. The lowest BCUT2D eigenvalue weighted by Gasteiger charge is -2.10. The van der Waals surface area contributed by atoms with E-state index in [1.165, 1.54) is 0 Å². The topological polar surface area (TPSA) is 62.2 Å². The number of carbonyl (C=O) groups is 1. The lowest BCUT2D eigenvalue weighted by molar-refractivity contribution is -0.139. The Morgan fingerprint density at radius 3 is 2.57 bits per heavy atom. The van der Waals surface area contributed by atoms with Gasteiger partial charge in [-0.25, -0.2) is 0 Å². The molecule has 0 amide bonds. The quantitative estimate of drug-likeness (QED) is 0.762. The third kappa shape index (κ3) is 3.76. The van der Waals surface area contributed by atoms with E-state index in [0.29, 0.717) is 6.42 Å². The van der Waals surface area contributed by atoms with Crippen molar-refractivity contribution in [3.05, 3.63) is 30.1 Å². The van der Waals surface area contributed by atoms with Gasteiger partial charge in [-0.2, -0.15) is 13.5 Å². The molecule has 0 radical (unpaired) electrons. The van der Waals surface area contributed by atoms with Gasteiger partial charge in [0.05, 0.1) is 0 Å². The predicted octanol–water partition coefficient (Wildman–Crippen LogP) is 0.409. The fraction of sp³-hybridized carbons (Fsp3) is 0.333. The number of carboxylic acids is 1. The van der Waals surface area contributed by atoms with E-state index >= 15 is 0 Å². The van der Waals surface area contributed by atoms with Crippen LogP contribution in [0.3, 0.4) is 0 Å². The van der Waals surface area contributed by atoms with Crippen LogP contribution in [0.25, 0.3) is 0 Å². The maximum Gasteiger partial charge on any atom is 0.321 e. The molecule has 1 aromatic heterocycles. The molecule has 0 aliphatic heterocycles. The van der Waals surface area contributed by atoms with Gasteiger partial charge in [-0.3, -0.25) is 9.78 Å². The average molecular weight is 214 g/mol. The van der Waals surface area contributed by atoms with Crippen LogP contribution in [0.2, 0.25) is 0 Å². The number of rotatable bonds is 4. The first-order valence-corrected chi connectivity index (χ1v) is 4.03. The summed E-state index contributed by atoms with van der Waals surface area (Å²) in [5.41, 5.74) is 0.969. The monoisotopic (exact) mass is 214 g/mol. The van der Waals surface area contributed by atoms with Crippen molar-refractivity contribution in [1.29, 1.82) is 0 Å². The second-order valence-corrected chi connectivity index (χ2v) is 2.74. The standard InChI is InChI=1S/C9H12N2O2.H2S/c1-10-8(9(12)13)6-7-2-4-11-5-3-7;/h2-5,8,10H,6H2,1H3,(H,12,13);1H2/t8-;/m0./s1. The van der Waals surface area contributed by atoms with Crippen LogP contribution < -0.4 is 5.32 Å². The van der Waals surface area contributed by atoms with Crippen LogP contribution in [0.5, 0.6) is 0 Å². The van der Waals surface area contributed by atoms with Gasteiger partial charge in [0.15, 0.2) is 0 Å². The summed E-state index contributed by atoms with van der Waals surface area (Å²) < 4.78 is 0. The Kier molecular flexibility index (Phi) is 5.91. The molecule has 1 atom stereocenters. The van der Waals surface area contributed by atoms with Crippen LogP contribution in [-0.2, 0) is 11.2 Å². The summed E-state index contributed by atoms with van der Waals surface area (Å²) >= 11 is 0. The molecule has 4 nitrogen and oxygen atoms in total. The second-order valence-electron chi connectivity index (χ2n) is 2.74. The van der Waals surface area contributed by atoms with Crippen molar-refractivity contribution in [2.75, 3.05) is 7.05 Å². The molecule has 78 valence electrons. The molecule has 1 rings (SSSR count). The van der Waals surface area contributed by atoms with Gasteiger partial charge < -0.3 is 10.4 Å². The maximum atomic E-state index is 10.7. The fourth-order valence-electron chi connectivity index (χ4n) is 1.07. The van der Waals surface area contributed by atoms with Gasteiger partial charge in [0, 0.05) is 12.4 Å². The van der Waals surface area contributed by atoms with Crippen LogP contribution in [0, 0.1) is 0 Å². The fourth-order valence-corrected chi connectivity index (χ4v) is 1.07. The Hall–Kier alpha value is -1.07. The van der Waals surface area contributed by atoms with Gasteiger partial charge in [-0.05, 0) is 31.2 Å². The largest absolute Gasteiger partial charge is 0.480 e. The predicted molar refractivity (Wildman–Crippen MR) is 58.8 cm³/mol. The third-order valence-electron chi connectivity index (χ3n) is 1.84. The summed E-state index contributed by atoms with van der Waals surface area (Å²) in [6.45, 7) is 0. The molecule has 1 heterocycles. The van der Waals surface area contributed by atoms with Crippen molar-refractivity contribution in [2.45, 2.75) is 12.5 Å². The van der Waals surface area contributed by atoms with Gasteiger partial charge in [-0.1, -0.05) is 0 Å². The molecular weight excluding hydrogens is 200 g/mol. The zero-order valence-corrected chi connectivity index (χ0v) is 8.90. The molecule has 14 heavy (non-hydrogen) atoms. The summed E-state index contributed by atoms with van der Waals surface area (Å²) in [6.07, 6.45) is 3.79. The Morgan fingerprint density at radius 1 is 1.57 bits per heavy atom. The van der Waals surface area contributed by atoms with Crippen molar-refractivity contribution in [3.8, 4) is 0 Å². The first-order valence-electron chi connectivity index (χ1n) is 4.03. The van der Waals surface area contributed by atoms with E-state index in [-0.39, 0.29) is 13.5 Å². The number of aliphatic carboxylic acids is 1. The summed E-state index contributed by atoms with van der Waals surface area (Å²) in [5.74, 6) is -0.834. The van der Waals surface area contributed by atoms with Gasteiger partial charge in [-0.15, -0.1) is 0 Å². The molecule has 0 spiro atoms. The Labute approximate surface area is 89.8 Å². The highest BCUT2D eigenvalue weighted by Crippen LogP contribution is 2.01. The van der Waals surface area contributed by atoms with Crippen LogP contribution in [0.1, 0.15) is 5.56 Å². The molecular formula is C9H14N2O2S.